The minimum atomic E-state index is 0.259. The molecule has 0 bridgehead atoms. The first-order valence-corrected chi connectivity index (χ1v) is 8.82. The van der Waals surface area contributed by atoms with Crippen LogP contribution in [0.15, 0.2) is 24.3 Å². The first kappa shape index (κ1) is 17.9. The number of ether oxygens (including phenoxy) is 2. The predicted octanol–water partition coefficient (Wildman–Crippen LogP) is 1.82. The van der Waals surface area contributed by atoms with Crippen LogP contribution in [0.3, 0.4) is 0 Å². The maximum Gasteiger partial charge on any atom is 0.292 e. The lowest BCUT2D eigenvalue weighted by atomic mass is 9.85. The normalized spacial score (nSPS) is 21.6. The highest BCUT2D eigenvalue weighted by atomic mass is 16.5. The molecule has 1 aromatic carbocycles. The second-order valence-corrected chi connectivity index (χ2v) is 7.10. The summed E-state index contributed by atoms with van der Waals surface area (Å²) in [5, 5.41) is 0. The molecule has 0 radical (unpaired) electrons. The van der Waals surface area contributed by atoms with Crippen LogP contribution in [0.25, 0.3) is 0 Å². The number of benzene rings is 1. The molecule has 0 N–H and O–H groups in total. The Morgan fingerprint density at radius 1 is 1.24 bits per heavy atom. The molecule has 1 amide bonds. The van der Waals surface area contributed by atoms with Gasteiger partial charge in [-0.1, -0.05) is 12.1 Å². The van der Waals surface area contributed by atoms with E-state index >= 15 is 0 Å². The van der Waals surface area contributed by atoms with Crippen LogP contribution < -0.4 is 4.90 Å². The number of carbonyl (C=O) groups is 2. The van der Waals surface area contributed by atoms with Crippen LogP contribution >= 0.6 is 0 Å². The first-order chi connectivity index (χ1) is 12.2. The summed E-state index contributed by atoms with van der Waals surface area (Å²) < 4.78 is 9.24. The summed E-state index contributed by atoms with van der Waals surface area (Å²) in [5.74, 6) is 0.259. The lowest BCUT2D eigenvalue weighted by Crippen LogP contribution is -2.44. The van der Waals surface area contributed by atoms with Gasteiger partial charge in [0.05, 0.1) is 20.3 Å². The molecule has 136 valence electrons. The fraction of sp³-hybridized carbons (Fsp3) is 0.579. The third kappa shape index (κ3) is 4.19. The number of likely N-dealkylation sites (tertiary alicyclic amines) is 1. The Hall–Kier alpha value is -1.92. The van der Waals surface area contributed by atoms with Gasteiger partial charge in [0.15, 0.2) is 0 Å². The number of anilines is 1. The molecule has 0 aliphatic carbocycles. The Kier molecular flexibility index (Phi) is 5.71. The topological polar surface area (TPSA) is 59.1 Å². The summed E-state index contributed by atoms with van der Waals surface area (Å²) >= 11 is 0. The Morgan fingerprint density at radius 3 is 2.44 bits per heavy atom. The van der Waals surface area contributed by atoms with Crippen LogP contribution in [-0.4, -0.2) is 57.2 Å². The zero-order chi connectivity index (χ0) is 17.7. The van der Waals surface area contributed by atoms with Crippen molar-refractivity contribution in [1.82, 2.24) is 4.90 Å². The zero-order valence-electron chi connectivity index (χ0n) is 14.8. The summed E-state index contributed by atoms with van der Waals surface area (Å²) in [7, 11) is 1.31. The van der Waals surface area contributed by atoms with Crippen LogP contribution in [0.5, 0.6) is 0 Å². The monoisotopic (exact) mass is 346 g/mol. The Bertz CT molecular complexity index is 598. The van der Waals surface area contributed by atoms with E-state index in [4.69, 9.17) is 9.53 Å². The van der Waals surface area contributed by atoms with Crippen LogP contribution in [0.4, 0.5) is 5.69 Å². The minimum Gasteiger partial charge on any atom is -0.471 e. The Labute approximate surface area is 148 Å². The third-order valence-corrected chi connectivity index (χ3v) is 5.16. The molecule has 25 heavy (non-hydrogen) atoms. The van der Waals surface area contributed by atoms with Gasteiger partial charge in [0.25, 0.3) is 6.47 Å². The Morgan fingerprint density at radius 2 is 1.96 bits per heavy atom. The molecular formula is C19H26N2O4. The number of amides is 1. The van der Waals surface area contributed by atoms with E-state index in [2.05, 4.69) is 33.9 Å². The van der Waals surface area contributed by atoms with Crippen molar-refractivity contribution >= 4 is 18.1 Å². The van der Waals surface area contributed by atoms with E-state index in [0.29, 0.717) is 18.3 Å². The zero-order valence-corrected chi connectivity index (χ0v) is 14.8. The quantitative estimate of drug-likeness (QED) is 0.779. The summed E-state index contributed by atoms with van der Waals surface area (Å²) in [6.45, 7) is 6.48. The van der Waals surface area contributed by atoms with Crippen molar-refractivity contribution in [3.05, 3.63) is 29.8 Å². The fourth-order valence-corrected chi connectivity index (χ4v) is 3.75. The number of rotatable bonds is 4. The molecule has 0 unspecified atom stereocenters. The lowest BCUT2D eigenvalue weighted by Gasteiger charge is -2.37. The predicted molar refractivity (Wildman–Crippen MR) is 94.2 cm³/mol. The van der Waals surface area contributed by atoms with Crippen molar-refractivity contribution < 1.29 is 19.1 Å². The van der Waals surface area contributed by atoms with Crippen molar-refractivity contribution in [1.29, 1.82) is 0 Å². The van der Waals surface area contributed by atoms with Crippen molar-refractivity contribution in [2.24, 2.45) is 5.41 Å². The van der Waals surface area contributed by atoms with E-state index in [1.165, 1.54) is 32.2 Å². The Balaban J connectivity index is 0.000000415. The summed E-state index contributed by atoms with van der Waals surface area (Å²) in [5.41, 5.74) is 2.84. The molecule has 3 aliphatic rings. The summed E-state index contributed by atoms with van der Waals surface area (Å²) in [6, 6.07) is 8.53. The molecule has 6 nitrogen and oxygen atoms in total. The van der Waals surface area contributed by atoms with Crippen molar-refractivity contribution in [3.8, 4) is 0 Å². The van der Waals surface area contributed by atoms with Crippen molar-refractivity contribution in [2.45, 2.75) is 25.8 Å². The number of hydrogen-bond donors (Lipinski definition) is 0. The van der Waals surface area contributed by atoms with E-state index < -0.39 is 0 Å². The van der Waals surface area contributed by atoms with Crippen molar-refractivity contribution in [2.75, 3.05) is 44.9 Å². The van der Waals surface area contributed by atoms with Crippen LogP contribution in [-0.2, 0) is 25.6 Å². The van der Waals surface area contributed by atoms with Gasteiger partial charge in [0.2, 0.25) is 5.91 Å². The lowest BCUT2D eigenvalue weighted by molar-refractivity contribution is -0.126. The largest absolute Gasteiger partial charge is 0.471 e. The highest BCUT2D eigenvalue weighted by molar-refractivity contribution is 5.95. The highest BCUT2D eigenvalue weighted by Crippen LogP contribution is 2.38. The molecule has 3 heterocycles. The van der Waals surface area contributed by atoms with Gasteiger partial charge < -0.3 is 14.4 Å². The van der Waals surface area contributed by atoms with Gasteiger partial charge in [-0.2, -0.15) is 0 Å². The number of methoxy groups -OCH3 is 1. The molecule has 3 aliphatic heterocycles. The van der Waals surface area contributed by atoms with Gasteiger partial charge in [0.1, 0.15) is 0 Å². The van der Waals surface area contributed by atoms with Crippen LogP contribution in [0.2, 0.25) is 0 Å². The van der Waals surface area contributed by atoms with Gasteiger partial charge in [0, 0.05) is 37.2 Å². The number of nitrogens with zero attached hydrogens (tertiary/aromatic N) is 2. The van der Waals surface area contributed by atoms with Gasteiger partial charge in [-0.15, -0.1) is 0 Å². The standard InChI is InChI=1S/C17H22N2O2.C2H4O2/c20-16-2-1-8-19(16)15-5-3-14(4-6-15)10-18-9-7-17(11-18)12-21-13-17;1-4-2-3/h3-6H,1-2,7-13H2;2H,1H3. The smallest absolute Gasteiger partial charge is 0.292 e. The van der Waals surface area contributed by atoms with E-state index in [1.54, 1.807) is 0 Å². The van der Waals surface area contributed by atoms with Crippen LogP contribution in [0.1, 0.15) is 24.8 Å². The maximum absolute atomic E-state index is 11.8. The molecule has 0 aromatic heterocycles. The van der Waals surface area contributed by atoms with E-state index in [-0.39, 0.29) is 5.91 Å². The van der Waals surface area contributed by atoms with Gasteiger partial charge >= 0.3 is 0 Å². The second kappa shape index (κ2) is 7.97. The minimum absolute atomic E-state index is 0.259. The maximum atomic E-state index is 11.8. The first-order valence-electron chi connectivity index (χ1n) is 8.82. The van der Waals surface area contributed by atoms with E-state index in [0.717, 1.165) is 38.4 Å². The molecule has 1 aromatic rings. The number of hydrogen-bond acceptors (Lipinski definition) is 5. The van der Waals surface area contributed by atoms with Crippen LogP contribution in [0, 0.1) is 5.41 Å². The molecule has 0 atom stereocenters. The fourth-order valence-electron chi connectivity index (χ4n) is 3.75. The van der Waals surface area contributed by atoms with Gasteiger partial charge in [-0.25, -0.2) is 0 Å². The van der Waals surface area contributed by atoms with E-state index in [9.17, 15) is 4.79 Å². The van der Waals surface area contributed by atoms with Gasteiger partial charge in [-0.05, 0) is 37.1 Å². The average Bonchev–Trinajstić information content (AvgIpc) is 3.22. The third-order valence-electron chi connectivity index (χ3n) is 5.16. The summed E-state index contributed by atoms with van der Waals surface area (Å²) in [6.07, 6.45) is 2.95. The molecule has 3 saturated heterocycles. The van der Waals surface area contributed by atoms with E-state index in [1.807, 2.05) is 4.90 Å². The molecular weight excluding hydrogens is 320 g/mol. The molecule has 6 heteroatoms. The summed E-state index contributed by atoms with van der Waals surface area (Å²) in [4.78, 5) is 25.1. The highest BCUT2D eigenvalue weighted by Gasteiger charge is 2.44. The molecule has 1 spiro atoms. The molecule has 3 fully saturated rings. The second-order valence-electron chi connectivity index (χ2n) is 7.10. The average molecular weight is 346 g/mol. The number of carbonyl (C=O) groups excluding carboxylic acids is 2. The van der Waals surface area contributed by atoms with Gasteiger partial charge in [-0.3, -0.25) is 14.5 Å². The molecule has 4 rings (SSSR count). The van der Waals surface area contributed by atoms with Crippen molar-refractivity contribution in [3.63, 3.8) is 0 Å². The molecule has 0 saturated carbocycles. The SMILES string of the molecule is COC=O.O=C1CCCN1c1ccc(CN2CCC3(COC3)C2)cc1.